The number of halogens is 1. The number of rotatable bonds is 7. The molecule has 2 aliphatic heterocycles. The van der Waals surface area contributed by atoms with Crippen LogP contribution >= 0.6 is 0 Å². The molecule has 5 rings (SSSR count). The lowest BCUT2D eigenvalue weighted by atomic mass is 10.2. The van der Waals surface area contributed by atoms with E-state index in [-0.39, 0.29) is 17.5 Å². The lowest BCUT2D eigenvalue weighted by Gasteiger charge is -2.34. The van der Waals surface area contributed by atoms with Crippen molar-refractivity contribution in [1.82, 2.24) is 25.3 Å². The molecule has 1 aromatic carbocycles. The van der Waals surface area contributed by atoms with Crippen LogP contribution < -0.4 is 26.0 Å². The lowest BCUT2D eigenvalue weighted by Crippen LogP contribution is -2.44. The van der Waals surface area contributed by atoms with Gasteiger partial charge < -0.3 is 24.8 Å². The molecular weight excluding hydrogens is 477 g/mol. The van der Waals surface area contributed by atoms with Crippen molar-refractivity contribution in [2.45, 2.75) is 0 Å². The van der Waals surface area contributed by atoms with Crippen molar-refractivity contribution in [1.29, 1.82) is 0 Å². The molecular formula is C25H30FN9O2. The first kappa shape index (κ1) is 24.7. The van der Waals surface area contributed by atoms with Crippen molar-refractivity contribution < 1.29 is 13.9 Å². The number of piperazine rings is 1. The second kappa shape index (κ2) is 11.4. The molecule has 0 bridgehead atoms. The molecule has 3 aromatic rings. The molecule has 11 nitrogen and oxygen atoms in total. The summed E-state index contributed by atoms with van der Waals surface area (Å²) in [6.07, 6.45) is 2.66. The monoisotopic (exact) mass is 507 g/mol. The predicted octanol–water partition coefficient (Wildman–Crippen LogP) is 2.10. The van der Waals surface area contributed by atoms with E-state index in [4.69, 9.17) is 4.74 Å². The number of hydrogen-bond donors (Lipinski definition) is 3. The van der Waals surface area contributed by atoms with Crippen molar-refractivity contribution in [2.24, 2.45) is 0 Å². The third-order valence-electron chi connectivity index (χ3n) is 6.34. The number of aromatic nitrogens is 3. The van der Waals surface area contributed by atoms with Crippen LogP contribution in [0.4, 0.5) is 33.2 Å². The summed E-state index contributed by atoms with van der Waals surface area (Å²) in [4.78, 5) is 31.3. The Morgan fingerprint density at radius 3 is 2.32 bits per heavy atom. The van der Waals surface area contributed by atoms with Gasteiger partial charge in [0, 0.05) is 50.6 Å². The molecule has 37 heavy (non-hydrogen) atoms. The Balaban J connectivity index is 1.14. The molecule has 0 saturated carbocycles. The van der Waals surface area contributed by atoms with Crippen molar-refractivity contribution in [2.75, 3.05) is 80.1 Å². The van der Waals surface area contributed by atoms with Crippen LogP contribution in [0.3, 0.4) is 0 Å². The minimum atomic E-state index is -0.530. The van der Waals surface area contributed by atoms with E-state index in [0.717, 1.165) is 43.8 Å². The van der Waals surface area contributed by atoms with Gasteiger partial charge in [-0.15, -0.1) is 0 Å². The molecule has 3 N–H and O–H groups in total. The Morgan fingerprint density at radius 1 is 0.892 bits per heavy atom. The predicted molar refractivity (Wildman–Crippen MR) is 140 cm³/mol. The van der Waals surface area contributed by atoms with Crippen LogP contribution in [-0.2, 0) is 4.74 Å². The summed E-state index contributed by atoms with van der Waals surface area (Å²) < 4.78 is 19.5. The number of nitrogens with zero attached hydrogens (tertiary/aromatic N) is 6. The summed E-state index contributed by atoms with van der Waals surface area (Å²) in [5.74, 6) is -0.754. The fourth-order valence-electron chi connectivity index (χ4n) is 4.18. The average molecular weight is 508 g/mol. The Labute approximate surface area is 214 Å². The number of pyridine rings is 1. The van der Waals surface area contributed by atoms with E-state index in [1.807, 2.05) is 12.1 Å². The third kappa shape index (κ3) is 6.22. The number of carbonyl (C=O) groups excluding carboxylic acids is 1. The highest BCUT2D eigenvalue weighted by Gasteiger charge is 2.18. The van der Waals surface area contributed by atoms with Gasteiger partial charge in [-0.3, -0.25) is 15.6 Å². The molecule has 4 heterocycles. The zero-order chi connectivity index (χ0) is 25.6. The molecule has 0 aliphatic carbocycles. The Morgan fingerprint density at radius 2 is 1.62 bits per heavy atom. The average Bonchev–Trinajstić information content (AvgIpc) is 2.94. The maximum absolute atomic E-state index is 14.2. The second-order valence-electron chi connectivity index (χ2n) is 8.94. The fourth-order valence-corrected chi connectivity index (χ4v) is 4.18. The SMILES string of the molecule is CN1CCN(c2ccc(Nc3ccc(C(=O)NNc4ncc(F)c(N5CCOCC5)n4)nc3)cc2)CC1. The zero-order valence-corrected chi connectivity index (χ0v) is 20.7. The van der Waals surface area contributed by atoms with Crippen LogP contribution in [0.25, 0.3) is 0 Å². The highest BCUT2D eigenvalue weighted by atomic mass is 19.1. The van der Waals surface area contributed by atoms with Crippen LogP contribution in [0.15, 0.2) is 48.8 Å². The number of carbonyl (C=O) groups is 1. The van der Waals surface area contributed by atoms with Crippen molar-refractivity contribution >= 4 is 34.7 Å². The van der Waals surface area contributed by atoms with E-state index < -0.39 is 11.7 Å². The smallest absolute Gasteiger partial charge is 0.288 e. The van der Waals surface area contributed by atoms with Gasteiger partial charge in [-0.05, 0) is 43.4 Å². The molecule has 2 aliphatic rings. The standard InChI is InChI=1S/C25H30FN9O2/c1-33-8-10-34(11-9-33)20-5-2-18(3-6-20)29-19-4-7-22(27-16-19)24(36)31-32-25-28-17-21(26)23(30-25)35-12-14-37-15-13-35/h2-7,16-17,29H,8-15H2,1H3,(H,31,36)(H,28,30,32). The van der Waals surface area contributed by atoms with E-state index in [9.17, 15) is 9.18 Å². The third-order valence-corrected chi connectivity index (χ3v) is 6.34. The van der Waals surface area contributed by atoms with E-state index in [1.165, 1.54) is 5.69 Å². The normalized spacial score (nSPS) is 16.4. The number of benzene rings is 1. The highest BCUT2D eigenvalue weighted by molar-refractivity contribution is 5.93. The van der Waals surface area contributed by atoms with Crippen LogP contribution in [0.5, 0.6) is 0 Å². The summed E-state index contributed by atoms with van der Waals surface area (Å²) in [5.41, 5.74) is 8.24. The molecule has 1 amide bonds. The quantitative estimate of drug-likeness (QED) is 0.411. The largest absolute Gasteiger partial charge is 0.378 e. The summed E-state index contributed by atoms with van der Waals surface area (Å²) in [6, 6.07) is 11.7. The summed E-state index contributed by atoms with van der Waals surface area (Å²) in [7, 11) is 2.14. The molecule has 12 heteroatoms. The van der Waals surface area contributed by atoms with Gasteiger partial charge in [0.05, 0.1) is 31.3 Å². The Kier molecular flexibility index (Phi) is 7.57. The first-order chi connectivity index (χ1) is 18.0. The van der Waals surface area contributed by atoms with E-state index in [0.29, 0.717) is 26.3 Å². The van der Waals surface area contributed by atoms with Gasteiger partial charge in [-0.1, -0.05) is 0 Å². The van der Waals surface area contributed by atoms with Crippen LogP contribution in [0.1, 0.15) is 10.5 Å². The molecule has 2 saturated heterocycles. The van der Waals surface area contributed by atoms with Gasteiger partial charge in [0.2, 0.25) is 5.95 Å². The van der Waals surface area contributed by atoms with Gasteiger partial charge in [-0.2, -0.15) is 4.98 Å². The minimum absolute atomic E-state index is 0.0783. The number of hydrogen-bond acceptors (Lipinski definition) is 10. The molecule has 2 aromatic heterocycles. The minimum Gasteiger partial charge on any atom is -0.378 e. The molecule has 0 unspecified atom stereocenters. The van der Waals surface area contributed by atoms with Crippen LogP contribution in [-0.4, -0.2) is 85.3 Å². The number of morpholine rings is 1. The number of anilines is 5. The van der Waals surface area contributed by atoms with Gasteiger partial charge in [0.15, 0.2) is 11.6 Å². The fraction of sp³-hybridized carbons (Fsp3) is 0.360. The van der Waals surface area contributed by atoms with E-state index in [1.54, 1.807) is 23.2 Å². The number of ether oxygens (including phenoxy) is 1. The molecule has 194 valence electrons. The first-order valence-corrected chi connectivity index (χ1v) is 12.2. The summed E-state index contributed by atoms with van der Waals surface area (Å²) in [5, 5.41) is 3.30. The Hall–Kier alpha value is -4.03. The lowest BCUT2D eigenvalue weighted by molar-refractivity contribution is 0.0957. The zero-order valence-electron chi connectivity index (χ0n) is 20.7. The number of hydrazine groups is 1. The van der Waals surface area contributed by atoms with Crippen molar-refractivity contribution in [3.63, 3.8) is 0 Å². The van der Waals surface area contributed by atoms with Crippen LogP contribution in [0.2, 0.25) is 0 Å². The number of likely N-dealkylation sites (N-methyl/N-ethyl adjacent to an activating group) is 1. The van der Waals surface area contributed by atoms with Crippen LogP contribution in [0, 0.1) is 5.82 Å². The topological polar surface area (TPSA) is 111 Å². The van der Waals surface area contributed by atoms with Crippen molar-refractivity contribution in [3.8, 4) is 0 Å². The van der Waals surface area contributed by atoms with E-state index >= 15 is 0 Å². The van der Waals surface area contributed by atoms with Crippen molar-refractivity contribution in [3.05, 3.63) is 60.3 Å². The number of amides is 1. The summed E-state index contributed by atoms with van der Waals surface area (Å²) in [6.45, 7) is 6.24. The molecule has 0 spiro atoms. The Bertz CT molecular complexity index is 1200. The maximum Gasteiger partial charge on any atom is 0.288 e. The van der Waals surface area contributed by atoms with Gasteiger partial charge in [0.25, 0.3) is 5.91 Å². The van der Waals surface area contributed by atoms with Gasteiger partial charge in [-0.25, -0.2) is 14.4 Å². The second-order valence-corrected chi connectivity index (χ2v) is 8.94. The highest BCUT2D eigenvalue weighted by Crippen LogP contribution is 2.22. The van der Waals surface area contributed by atoms with E-state index in [2.05, 4.69) is 60.1 Å². The summed E-state index contributed by atoms with van der Waals surface area (Å²) >= 11 is 0. The molecule has 0 atom stereocenters. The number of nitrogens with one attached hydrogen (secondary N) is 3. The maximum atomic E-state index is 14.2. The van der Waals surface area contributed by atoms with Gasteiger partial charge >= 0.3 is 0 Å². The van der Waals surface area contributed by atoms with Gasteiger partial charge in [0.1, 0.15) is 5.69 Å². The molecule has 2 fully saturated rings. The molecule has 0 radical (unpaired) electrons. The first-order valence-electron chi connectivity index (χ1n) is 12.2.